The van der Waals surface area contributed by atoms with Crippen LogP contribution in [0.4, 0.5) is 17.3 Å². The Morgan fingerprint density at radius 2 is 1.46 bits per heavy atom. The van der Waals surface area contributed by atoms with Crippen LogP contribution < -0.4 is 34.7 Å². The molecule has 5 rings (SSSR count). The first-order valence-corrected chi connectivity index (χ1v) is 21.2. The van der Waals surface area contributed by atoms with E-state index >= 15 is 0 Å². The number of ether oxygens (including phenoxy) is 3. The number of nitriles is 2. The molecule has 0 saturated carbocycles. The predicted octanol–water partition coefficient (Wildman–Crippen LogP) is 6.29. The van der Waals surface area contributed by atoms with Gasteiger partial charge in [0.15, 0.2) is 11.5 Å². The minimum absolute atomic E-state index is 0.000989. The lowest BCUT2D eigenvalue weighted by Crippen LogP contribution is -2.19. The molecule has 0 aliphatic carbocycles. The second-order valence-corrected chi connectivity index (χ2v) is 17.1. The highest BCUT2D eigenvalue weighted by Gasteiger charge is 2.29. The molecule has 0 aliphatic heterocycles. The number of sulfonamides is 2. The van der Waals surface area contributed by atoms with Crippen molar-refractivity contribution in [1.82, 2.24) is 5.16 Å². The van der Waals surface area contributed by atoms with Crippen LogP contribution in [0.2, 0.25) is 5.02 Å². The number of anilines is 3. The number of hydrogen-bond donors (Lipinski definition) is 4. The highest BCUT2D eigenvalue weighted by atomic mass is 35.5. The van der Waals surface area contributed by atoms with Crippen LogP contribution in [0.3, 0.4) is 0 Å². The number of nitrogens with two attached hydrogens (primary N) is 1. The maximum absolute atomic E-state index is 13.0. The van der Waals surface area contributed by atoms with Gasteiger partial charge in [-0.2, -0.15) is 10.5 Å². The Morgan fingerprint density at radius 1 is 0.877 bits per heavy atom. The van der Waals surface area contributed by atoms with Gasteiger partial charge in [0.2, 0.25) is 15.8 Å². The first kappa shape index (κ1) is 44.0. The number of nitrogens with one attached hydrogen (secondary N) is 3. The summed E-state index contributed by atoms with van der Waals surface area (Å²) in [4.78, 5) is 24.9. The summed E-state index contributed by atoms with van der Waals surface area (Å²) in [5.74, 6) is -1.09. The van der Waals surface area contributed by atoms with E-state index in [0.29, 0.717) is 11.4 Å². The van der Waals surface area contributed by atoms with E-state index in [1.54, 1.807) is 6.92 Å². The Labute approximate surface area is 341 Å². The molecule has 57 heavy (non-hydrogen) atoms. The molecule has 3 aromatic heterocycles. The number of primary sulfonamides is 1. The van der Waals surface area contributed by atoms with Crippen molar-refractivity contribution < 1.29 is 45.2 Å². The Kier molecular flexibility index (Phi) is 14.0. The van der Waals surface area contributed by atoms with Gasteiger partial charge in [0.05, 0.1) is 39.4 Å². The summed E-state index contributed by atoms with van der Waals surface area (Å²) in [6, 6.07) is 9.86. The van der Waals surface area contributed by atoms with E-state index in [1.165, 1.54) is 50.3 Å². The third-order valence-corrected chi connectivity index (χ3v) is 13.0. The summed E-state index contributed by atoms with van der Waals surface area (Å²) in [6.07, 6.45) is 0.209. The number of rotatable bonds is 12. The van der Waals surface area contributed by atoms with E-state index in [1.807, 2.05) is 32.9 Å². The molecular weight excluding hydrogens is 842 g/mol. The molecule has 0 atom stereocenters. The molecule has 3 heterocycles. The van der Waals surface area contributed by atoms with Gasteiger partial charge in [-0.15, -0.1) is 22.7 Å². The van der Waals surface area contributed by atoms with E-state index in [4.69, 9.17) is 40.7 Å². The van der Waals surface area contributed by atoms with Gasteiger partial charge in [-0.25, -0.2) is 26.7 Å². The zero-order chi connectivity index (χ0) is 42.4. The minimum atomic E-state index is -4.15. The van der Waals surface area contributed by atoms with Gasteiger partial charge < -0.3 is 29.4 Å². The van der Waals surface area contributed by atoms with Gasteiger partial charge in [-0.3, -0.25) is 9.59 Å². The maximum atomic E-state index is 13.0. The van der Waals surface area contributed by atoms with Crippen molar-refractivity contribution in [1.29, 1.82) is 10.5 Å². The zero-order valence-electron chi connectivity index (χ0n) is 31.2. The van der Waals surface area contributed by atoms with E-state index in [0.717, 1.165) is 44.9 Å². The summed E-state index contributed by atoms with van der Waals surface area (Å²) >= 11 is 7.88. The Morgan fingerprint density at radius 3 is 1.96 bits per heavy atom. The topological polar surface area (TPSA) is 266 Å². The lowest BCUT2D eigenvalue weighted by Gasteiger charge is -2.17. The van der Waals surface area contributed by atoms with Crippen molar-refractivity contribution in [2.24, 2.45) is 5.14 Å². The molecule has 0 saturated heterocycles. The lowest BCUT2D eigenvalue weighted by atomic mass is 9.95. The number of carbonyl (C=O) groups is 2. The molecule has 0 fully saturated rings. The molecular formula is C35H34ClN7O10S4. The first-order valence-electron chi connectivity index (χ1n) is 16.0. The number of nitrogens with zero attached hydrogens (tertiary/aromatic N) is 3. The Bertz CT molecular complexity index is 2670. The smallest absolute Gasteiger partial charge is 0.267 e. The maximum Gasteiger partial charge on any atom is 0.267 e. The van der Waals surface area contributed by atoms with Gasteiger partial charge >= 0.3 is 0 Å². The Hall–Kier alpha value is -5.68. The average Bonchev–Trinajstić information content (AvgIpc) is 3.93. The fraction of sp³-hybridized carbons (Fsp3) is 0.229. The third kappa shape index (κ3) is 9.48. The van der Waals surface area contributed by atoms with Crippen LogP contribution in [0.15, 0.2) is 49.3 Å². The normalized spacial score (nSPS) is 11.0. The fourth-order valence-electron chi connectivity index (χ4n) is 5.44. The van der Waals surface area contributed by atoms with Gasteiger partial charge in [0, 0.05) is 11.8 Å². The van der Waals surface area contributed by atoms with Crippen molar-refractivity contribution in [2.45, 2.75) is 43.9 Å². The van der Waals surface area contributed by atoms with Gasteiger partial charge in [0.1, 0.15) is 42.0 Å². The number of hydrogen-bond acceptors (Lipinski definition) is 15. The third-order valence-electron chi connectivity index (χ3n) is 8.10. The molecule has 0 radical (unpaired) electrons. The van der Waals surface area contributed by atoms with Gasteiger partial charge in [0.25, 0.3) is 27.7 Å². The number of carbonyl (C=O) groups excluding carboxylic acids is 2. The number of halogens is 1. The second-order valence-electron chi connectivity index (χ2n) is 11.7. The summed E-state index contributed by atoms with van der Waals surface area (Å²) < 4.78 is 71.7. The molecule has 0 unspecified atom stereocenters. The molecule has 0 bridgehead atoms. The van der Waals surface area contributed by atoms with Crippen molar-refractivity contribution in [2.75, 3.05) is 36.7 Å². The molecule has 2 amide bonds. The number of methoxy groups -OCH3 is 3. The Balaban J connectivity index is 0.000000257. The molecule has 300 valence electrons. The highest BCUT2D eigenvalue weighted by molar-refractivity contribution is 7.93. The predicted molar refractivity (Wildman–Crippen MR) is 214 cm³/mol. The van der Waals surface area contributed by atoms with Crippen molar-refractivity contribution >= 4 is 83.4 Å². The molecule has 0 spiro atoms. The standard InChI is InChI=1S/C20H19ClN4O4S2.C15H15N3O6S2/c1-10-9-11(2)17(12(3)14(10)5-7-22)23-19(26)18-15(6-8-30-18)31(27,28)25-20-16(21)13(4)24-29-20;1-22-9-6-8(7-16)11(13(24-3)12(9)23-2)18-15(19)14-10(4-5-25-14)26(17,20)21/h6,8-9,25H,5H2,1-4H3,(H,23,26);4-6H,1-3H3,(H,18,19)(H2,17,20,21). The number of thiophene rings is 2. The van der Waals surface area contributed by atoms with E-state index in [9.17, 15) is 31.7 Å². The zero-order valence-corrected chi connectivity index (χ0v) is 35.2. The molecule has 5 aromatic rings. The van der Waals surface area contributed by atoms with Crippen LogP contribution in [0.25, 0.3) is 0 Å². The largest absolute Gasteiger partial charge is 0.493 e. The van der Waals surface area contributed by atoms with Crippen molar-refractivity contribution in [3.63, 3.8) is 0 Å². The molecule has 22 heteroatoms. The van der Waals surface area contributed by atoms with Crippen molar-refractivity contribution in [3.8, 4) is 29.4 Å². The quantitative estimate of drug-likeness (QED) is 0.108. The SMILES string of the molecule is COc1cc(C#N)c(NC(=O)c2sccc2S(N)(=O)=O)c(OC)c1OC.Cc1cc(C)c(NC(=O)c2sccc2S(=O)(=O)Nc2onc(C)c2Cl)c(C)c1CC#N. The van der Waals surface area contributed by atoms with E-state index in [-0.39, 0.29) is 65.4 Å². The summed E-state index contributed by atoms with van der Waals surface area (Å²) in [5.41, 5.74) is 4.33. The first-order chi connectivity index (χ1) is 26.8. The minimum Gasteiger partial charge on any atom is -0.493 e. The van der Waals surface area contributed by atoms with E-state index < -0.39 is 31.9 Å². The van der Waals surface area contributed by atoms with Crippen LogP contribution >= 0.6 is 34.3 Å². The monoisotopic (exact) mass is 875 g/mol. The molecule has 5 N–H and O–H groups in total. The second kappa shape index (κ2) is 18.1. The summed E-state index contributed by atoms with van der Waals surface area (Å²) in [6.45, 7) is 7.14. The molecule has 17 nitrogen and oxygen atoms in total. The van der Waals surface area contributed by atoms with Crippen LogP contribution in [0.1, 0.15) is 52.9 Å². The number of amides is 2. The van der Waals surface area contributed by atoms with Crippen LogP contribution in [0.5, 0.6) is 17.2 Å². The average molecular weight is 876 g/mol. The van der Waals surface area contributed by atoms with E-state index in [2.05, 4.69) is 26.6 Å². The van der Waals surface area contributed by atoms with Crippen molar-refractivity contribution in [3.05, 3.63) is 83.3 Å². The van der Waals surface area contributed by atoms with Gasteiger partial charge in [-0.05, 0) is 72.8 Å². The van der Waals surface area contributed by atoms with Crippen LogP contribution in [-0.2, 0) is 26.5 Å². The number of aryl methyl sites for hydroxylation is 3. The lowest BCUT2D eigenvalue weighted by molar-refractivity contribution is 0.101. The highest BCUT2D eigenvalue weighted by Crippen LogP contribution is 2.45. The van der Waals surface area contributed by atoms with Crippen LogP contribution in [-0.4, -0.2) is 55.1 Å². The fourth-order valence-corrected chi connectivity index (χ4v) is 9.80. The summed E-state index contributed by atoms with van der Waals surface area (Å²) in [7, 11) is -4.14. The molecule has 0 aliphatic rings. The van der Waals surface area contributed by atoms with Crippen LogP contribution in [0, 0.1) is 50.4 Å². The van der Waals surface area contributed by atoms with Gasteiger partial charge in [-0.1, -0.05) is 22.8 Å². The number of benzene rings is 2. The number of aromatic nitrogens is 1. The summed E-state index contributed by atoms with van der Waals surface area (Å²) in [5, 5.41) is 35.5. The molecule has 2 aromatic carbocycles.